The van der Waals surface area contributed by atoms with E-state index >= 15 is 0 Å². The van der Waals surface area contributed by atoms with Gasteiger partial charge >= 0.3 is 5.97 Å². The lowest BCUT2D eigenvalue weighted by atomic mass is 10.2. The van der Waals surface area contributed by atoms with Crippen molar-refractivity contribution in [1.29, 1.82) is 0 Å². The molecular weight excluding hydrogens is 252 g/mol. The smallest absolute Gasteiger partial charge is 0.358 e. The van der Waals surface area contributed by atoms with Gasteiger partial charge in [0, 0.05) is 6.20 Å². The predicted octanol–water partition coefficient (Wildman–Crippen LogP) is 2.63. The van der Waals surface area contributed by atoms with E-state index in [9.17, 15) is 4.79 Å². The van der Waals surface area contributed by atoms with Crippen LogP contribution >= 0.6 is 0 Å². The zero-order valence-electron chi connectivity index (χ0n) is 11.3. The summed E-state index contributed by atoms with van der Waals surface area (Å²) in [5.41, 5.74) is 1.82. The highest BCUT2D eigenvalue weighted by Crippen LogP contribution is 2.05. The minimum absolute atomic E-state index is 0.260. The fourth-order valence-electron chi connectivity index (χ4n) is 1.71. The second-order valence-electron chi connectivity index (χ2n) is 4.09. The van der Waals surface area contributed by atoms with Crippen molar-refractivity contribution >= 4 is 11.7 Å². The number of aliphatic imine (C=N–C) groups is 1. The van der Waals surface area contributed by atoms with Gasteiger partial charge in [-0.15, -0.1) is 0 Å². The van der Waals surface area contributed by atoms with Gasteiger partial charge in [-0.2, -0.15) is 0 Å². The van der Waals surface area contributed by atoms with Crippen LogP contribution in [-0.2, 0) is 16.1 Å². The minimum Gasteiger partial charge on any atom is -0.461 e. The molecule has 0 saturated heterocycles. The number of carbonyl (C=O) groups excluding carboxylic acids is 1. The molecule has 0 atom stereocenters. The summed E-state index contributed by atoms with van der Waals surface area (Å²) in [5, 5.41) is 0. The largest absolute Gasteiger partial charge is 0.461 e. The molecule has 1 aromatic heterocycles. The number of hydrogen-bond donors (Lipinski definition) is 0. The lowest BCUT2D eigenvalue weighted by Crippen LogP contribution is -2.20. The third kappa shape index (κ3) is 3.75. The molecule has 0 bridgehead atoms. The summed E-state index contributed by atoms with van der Waals surface area (Å²) >= 11 is 0. The molecule has 1 heterocycles. The van der Waals surface area contributed by atoms with Gasteiger partial charge in [0.2, 0.25) is 0 Å². The molecule has 0 spiro atoms. The molecule has 0 aliphatic carbocycles. The fraction of sp³-hybridized carbons (Fsp3) is 0.188. The van der Waals surface area contributed by atoms with E-state index in [1.807, 2.05) is 36.4 Å². The number of nitrogens with zero attached hydrogens (tertiary/aromatic N) is 2. The summed E-state index contributed by atoms with van der Waals surface area (Å²) in [6.45, 7) is 2.51. The van der Waals surface area contributed by atoms with Crippen molar-refractivity contribution in [2.45, 2.75) is 13.5 Å². The molecule has 4 nitrogen and oxygen atoms in total. The highest BCUT2D eigenvalue weighted by Gasteiger charge is 2.15. The van der Waals surface area contributed by atoms with Gasteiger partial charge in [-0.05, 0) is 24.6 Å². The molecule has 0 unspecified atom stereocenters. The van der Waals surface area contributed by atoms with Crippen molar-refractivity contribution in [2.24, 2.45) is 4.99 Å². The molecule has 0 saturated carbocycles. The highest BCUT2D eigenvalue weighted by atomic mass is 16.5. The first kappa shape index (κ1) is 13.9. The third-order valence-electron chi connectivity index (χ3n) is 2.64. The predicted molar refractivity (Wildman–Crippen MR) is 77.6 cm³/mol. The van der Waals surface area contributed by atoms with Crippen molar-refractivity contribution in [1.82, 2.24) is 4.98 Å². The van der Waals surface area contributed by atoms with Gasteiger partial charge in [-0.3, -0.25) is 9.98 Å². The molecule has 0 aliphatic rings. The Balaban J connectivity index is 2.25. The number of esters is 1. The molecule has 1 aromatic carbocycles. The average molecular weight is 268 g/mol. The maximum absolute atomic E-state index is 12.0. The molecule has 0 radical (unpaired) electrons. The van der Waals surface area contributed by atoms with Crippen LogP contribution in [0.25, 0.3) is 0 Å². The zero-order chi connectivity index (χ0) is 14.2. The van der Waals surface area contributed by atoms with Gasteiger partial charge in [0.05, 0.1) is 18.8 Å². The zero-order valence-corrected chi connectivity index (χ0v) is 11.3. The number of aromatic nitrogens is 1. The second kappa shape index (κ2) is 7.19. The molecule has 0 N–H and O–H groups in total. The topological polar surface area (TPSA) is 51.5 Å². The monoisotopic (exact) mass is 268 g/mol. The Morgan fingerprint density at radius 2 is 1.90 bits per heavy atom. The Hall–Kier alpha value is -2.49. The lowest BCUT2D eigenvalue weighted by molar-refractivity contribution is -0.134. The van der Waals surface area contributed by atoms with E-state index in [0.717, 1.165) is 5.56 Å². The summed E-state index contributed by atoms with van der Waals surface area (Å²) in [7, 11) is 0. The van der Waals surface area contributed by atoms with Crippen LogP contribution in [0.1, 0.15) is 18.2 Å². The fourth-order valence-corrected chi connectivity index (χ4v) is 1.71. The number of rotatable bonds is 5. The lowest BCUT2D eigenvalue weighted by Gasteiger charge is -2.05. The summed E-state index contributed by atoms with van der Waals surface area (Å²) < 4.78 is 5.04. The van der Waals surface area contributed by atoms with E-state index in [4.69, 9.17) is 4.74 Å². The molecular formula is C16H16N2O2. The van der Waals surface area contributed by atoms with Gasteiger partial charge in [0.15, 0.2) is 5.71 Å². The molecule has 2 rings (SSSR count). The van der Waals surface area contributed by atoms with Gasteiger partial charge in [0.25, 0.3) is 0 Å². The van der Waals surface area contributed by atoms with Crippen molar-refractivity contribution in [3.63, 3.8) is 0 Å². The average Bonchev–Trinajstić information content (AvgIpc) is 2.50. The first-order valence-electron chi connectivity index (χ1n) is 6.48. The van der Waals surface area contributed by atoms with Crippen LogP contribution in [0.2, 0.25) is 0 Å². The summed E-state index contributed by atoms with van der Waals surface area (Å²) in [6.07, 6.45) is 1.63. The quantitative estimate of drug-likeness (QED) is 0.618. The highest BCUT2D eigenvalue weighted by molar-refractivity contribution is 6.42. The Morgan fingerprint density at radius 3 is 2.55 bits per heavy atom. The van der Waals surface area contributed by atoms with E-state index in [2.05, 4.69) is 9.98 Å². The van der Waals surface area contributed by atoms with Gasteiger partial charge < -0.3 is 4.74 Å². The molecule has 2 aromatic rings. The Bertz CT molecular complexity index is 580. The SMILES string of the molecule is CCOC(=O)C(=NCc1ccccc1)c1ccccn1. The van der Waals surface area contributed by atoms with Crippen molar-refractivity contribution in [3.8, 4) is 0 Å². The Labute approximate surface area is 118 Å². The minimum atomic E-state index is -0.442. The first-order valence-corrected chi connectivity index (χ1v) is 6.48. The standard InChI is InChI=1S/C16H16N2O2/c1-2-20-16(19)15(14-10-6-7-11-17-14)18-12-13-8-4-3-5-9-13/h3-11H,2,12H2,1H3. The molecule has 20 heavy (non-hydrogen) atoms. The van der Waals surface area contributed by atoms with Crippen molar-refractivity contribution in [3.05, 3.63) is 66.0 Å². The maximum atomic E-state index is 12.0. The molecule has 0 fully saturated rings. The summed E-state index contributed by atoms with van der Waals surface area (Å²) in [5.74, 6) is -0.442. The number of pyridine rings is 1. The van der Waals surface area contributed by atoms with Gasteiger partial charge in [-0.25, -0.2) is 4.79 Å². The van der Waals surface area contributed by atoms with E-state index in [-0.39, 0.29) is 5.71 Å². The third-order valence-corrected chi connectivity index (χ3v) is 2.64. The van der Waals surface area contributed by atoms with E-state index < -0.39 is 5.97 Å². The Kier molecular flexibility index (Phi) is 5.00. The molecule has 0 amide bonds. The van der Waals surface area contributed by atoms with Crippen LogP contribution < -0.4 is 0 Å². The van der Waals surface area contributed by atoms with Crippen LogP contribution in [0.4, 0.5) is 0 Å². The maximum Gasteiger partial charge on any atom is 0.358 e. The molecule has 0 aliphatic heterocycles. The van der Waals surface area contributed by atoms with Gasteiger partial charge in [-0.1, -0.05) is 36.4 Å². The van der Waals surface area contributed by atoms with Crippen molar-refractivity contribution in [2.75, 3.05) is 6.61 Å². The second-order valence-corrected chi connectivity index (χ2v) is 4.09. The number of ether oxygens (including phenoxy) is 1. The van der Waals surface area contributed by atoms with E-state index in [0.29, 0.717) is 18.8 Å². The number of benzene rings is 1. The first-order chi connectivity index (χ1) is 9.81. The van der Waals surface area contributed by atoms with Crippen LogP contribution in [0.15, 0.2) is 59.7 Å². The Morgan fingerprint density at radius 1 is 1.15 bits per heavy atom. The van der Waals surface area contributed by atoms with Crippen molar-refractivity contribution < 1.29 is 9.53 Å². The van der Waals surface area contributed by atoms with Crippen LogP contribution in [0.3, 0.4) is 0 Å². The summed E-state index contributed by atoms with van der Waals surface area (Å²) in [6, 6.07) is 15.1. The van der Waals surface area contributed by atoms with E-state index in [1.165, 1.54) is 0 Å². The van der Waals surface area contributed by atoms with Gasteiger partial charge in [0.1, 0.15) is 0 Å². The molecule has 4 heteroatoms. The molecule has 102 valence electrons. The summed E-state index contributed by atoms with van der Waals surface area (Å²) in [4.78, 5) is 20.5. The number of hydrogen-bond acceptors (Lipinski definition) is 4. The normalized spacial score (nSPS) is 11.2. The number of carbonyl (C=O) groups is 1. The van der Waals surface area contributed by atoms with Crippen LogP contribution in [0.5, 0.6) is 0 Å². The van der Waals surface area contributed by atoms with Crippen LogP contribution in [0, 0.1) is 0 Å². The van der Waals surface area contributed by atoms with E-state index in [1.54, 1.807) is 25.3 Å². The van der Waals surface area contributed by atoms with Crippen LogP contribution in [-0.4, -0.2) is 23.3 Å².